The van der Waals surface area contributed by atoms with Crippen molar-refractivity contribution in [3.63, 3.8) is 0 Å². The van der Waals surface area contributed by atoms with Crippen LogP contribution in [0.15, 0.2) is 43.0 Å². The molecule has 4 rings (SSSR count). The Morgan fingerprint density at radius 3 is 2.90 bits per heavy atom. The number of hydrogen-bond acceptors (Lipinski definition) is 5. The topological polar surface area (TPSA) is 89.3 Å². The zero-order chi connectivity index (χ0) is 21.8. The quantitative estimate of drug-likeness (QED) is 0.665. The standard InChI is InChI=1S/C23H27N5O3/c1-3-16-6-5-8-27(15-16)22(29)18-10-17-7-9-28(21(17)25-12-18)20-11-19(13-24-14-20)26-23(30)31-4-2/h7,9-14,16H,3-6,8,15H2,1-2H3,(H,26,30)/t16-/m0/s1. The molecule has 1 saturated heterocycles. The lowest BCUT2D eigenvalue weighted by Gasteiger charge is -2.32. The van der Waals surface area contributed by atoms with Crippen molar-refractivity contribution in [1.82, 2.24) is 19.4 Å². The Morgan fingerprint density at radius 1 is 1.23 bits per heavy atom. The van der Waals surface area contributed by atoms with Crippen LogP contribution in [0.1, 0.15) is 43.5 Å². The number of aromatic nitrogens is 3. The van der Waals surface area contributed by atoms with Gasteiger partial charge in [-0.15, -0.1) is 0 Å². The van der Waals surface area contributed by atoms with Crippen molar-refractivity contribution < 1.29 is 14.3 Å². The number of nitrogens with one attached hydrogen (secondary N) is 1. The molecule has 0 aliphatic carbocycles. The summed E-state index contributed by atoms with van der Waals surface area (Å²) in [5, 5.41) is 3.53. The van der Waals surface area contributed by atoms with E-state index in [2.05, 4.69) is 22.2 Å². The largest absolute Gasteiger partial charge is 0.450 e. The summed E-state index contributed by atoms with van der Waals surface area (Å²) in [6.07, 6.45) is 9.59. The summed E-state index contributed by atoms with van der Waals surface area (Å²) in [7, 11) is 0. The number of anilines is 1. The molecule has 0 saturated carbocycles. The molecule has 2 amide bonds. The minimum Gasteiger partial charge on any atom is -0.450 e. The smallest absolute Gasteiger partial charge is 0.411 e. The number of piperidine rings is 1. The number of amides is 2. The summed E-state index contributed by atoms with van der Waals surface area (Å²) in [6.45, 7) is 5.85. The van der Waals surface area contributed by atoms with E-state index in [9.17, 15) is 9.59 Å². The molecule has 1 aliphatic heterocycles. The molecule has 0 bridgehead atoms. The number of carbonyl (C=O) groups is 2. The summed E-state index contributed by atoms with van der Waals surface area (Å²) in [5.41, 5.74) is 2.60. The van der Waals surface area contributed by atoms with E-state index in [0.717, 1.165) is 42.7 Å². The van der Waals surface area contributed by atoms with Crippen molar-refractivity contribution in [3.8, 4) is 5.69 Å². The molecule has 162 valence electrons. The molecule has 3 aromatic heterocycles. The zero-order valence-corrected chi connectivity index (χ0v) is 17.9. The van der Waals surface area contributed by atoms with E-state index in [0.29, 0.717) is 23.8 Å². The van der Waals surface area contributed by atoms with E-state index in [4.69, 9.17) is 4.74 Å². The average molecular weight is 422 g/mol. The van der Waals surface area contributed by atoms with Crippen molar-refractivity contribution in [2.75, 3.05) is 25.0 Å². The fourth-order valence-electron chi connectivity index (χ4n) is 4.03. The Kier molecular flexibility index (Phi) is 6.16. The van der Waals surface area contributed by atoms with E-state index >= 15 is 0 Å². The second kappa shape index (κ2) is 9.16. The van der Waals surface area contributed by atoms with E-state index in [1.54, 1.807) is 31.6 Å². The molecular weight excluding hydrogens is 394 g/mol. The third kappa shape index (κ3) is 4.52. The van der Waals surface area contributed by atoms with Crippen molar-refractivity contribution in [2.45, 2.75) is 33.1 Å². The summed E-state index contributed by atoms with van der Waals surface area (Å²) in [5.74, 6) is 0.626. The van der Waals surface area contributed by atoms with Crippen LogP contribution in [0.3, 0.4) is 0 Å². The van der Waals surface area contributed by atoms with Crippen molar-refractivity contribution in [3.05, 3.63) is 48.5 Å². The average Bonchev–Trinajstić information content (AvgIpc) is 3.22. The second-order valence-electron chi connectivity index (χ2n) is 7.77. The van der Waals surface area contributed by atoms with Gasteiger partial charge in [-0.25, -0.2) is 9.78 Å². The first-order chi connectivity index (χ1) is 15.1. The third-order valence-electron chi connectivity index (χ3n) is 5.68. The summed E-state index contributed by atoms with van der Waals surface area (Å²) < 4.78 is 6.79. The first kappa shape index (κ1) is 20.8. The summed E-state index contributed by atoms with van der Waals surface area (Å²) in [6, 6.07) is 5.61. The van der Waals surface area contributed by atoms with E-state index in [1.165, 1.54) is 6.42 Å². The van der Waals surface area contributed by atoms with Crippen LogP contribution in [-0.2, 0) is 4.74 Å². The third-order valence-corrected chi connectivity index (χ3v) is 5.68. The first-order valence-electron chi connectivity index (χ1n) is 10.7. The highest BCUT2D eigenvalue weighted by atomic mass is 16.5. The van der Waals surface area contributed by atoms with Gasteiger partial charge in [0.1, 0.15) is 5.65 Å². The molecule has 1 atom stereocenters. The first-order valence-corrected chi connectivity index (χ1v) is 10.7. The molecule has 0 unspecified atom stereocenters. The van der Waals surface area contributed by atoms with Crippen LogP contribution in [0.25, 0.3) is 16.7 Å². The second-order valence-corrected chi connectivity index (χ2v) is 7.77. The number of pyridine rings is 2. The molecule has 0 aromatic carbocycles. The Bertz CT molecular complexity index is 1090. The van der Waals surface area contributed by atoms with Crippen molar-refractivity contribution in [2.24, 2.45) is 5.92 Å². The number of carbonyl (C=O) groups excluding carboxylic acids is 2. The van der Waals surface area contributed by atoms with Crippen LogP contribution in [0.4, 0.5) is 10.5 Å². The fraction of sp³-hybridized carbons (Fsp3) is 0.391. The van der Waals surface area contributed by atoms with Gasteiger partial charge < -0.3 is 9.64 Å². The van der Waals surface area contributed by atoms with Gasteiger partial charge >= 0.3 is 6.09 Å². The van der Waals surface area contributed by atoms with Crippen LogP contribution in [0.2, 0.25) is 0 Å². The van der Waals surface area contributed by atoms with Crippen molar-refractivity contribution in [1.29, 1.82) is 0 Å². The number of fused-ring (bicyclic) bond motifs is 1. The molecule has 31 heavy (non-hydrogen) atoms. The predicted octanol–water partition coefficient (Wildman–Crippen LogP) is 4.25. The van der Waals surface area contributed by atoms with Gasteiger partial charge in [0, 0.05) is 30.9 Å². The molecule has 0 radical (unpaired) electrons. The number of rotatable bonds is 5. The van der Waals surface area contributed by atoms with E-state index < -0.39 is 6.09 Å². The fourth-order valence-corrected chi connectivity index (χ4v) is 4.03. The predicted molar refractivity (Wildman–Crippen MR) is 118 cm³/mol. The Balaban J connectivity index is 1.57. The molecule has 1 N–H and O–H groups in total. The van der Waals surface area contributed by atoms with Crippen LogP contribution < -0.4 is 5.32 Å². The number of nitrogens with zero attached hydrogens (tertiary/aromatic N) is 4. The molecule has 0 spiro atoms. The maximum Gasteiger partial charge on any atom is 0.411 e. The number of ether oxygens (including phenoxy) is 1. The van der Waals surface area contributed by atoms with Gasteiger partial charge in [0.25, 0.3) is 5.91 Å². The van der Waals surface area contributed by atoms with E-state index in [-0.39, 0.29) is 5.91 Å². The van der Waals surface area contributed by atoms with Gasteiger partial charge in [-0.1, -0.05) is 13.3 Å². The van der Waals surface area contributed by atoms with Gasteiger partial charge in [0.15, 0.2) is 0 Å². The van der Waals surface area contributed by atoms with Gasteiger partial charge in [-0.05, 0) is 43.9 Å². The lowest BCUT2D eigenvalue weighted by atomic mass is 9.95. The van der Waals surface area contributed by atoms with Crippen LogP contribution in [-0.4, -0.2) is 51.1 Å². The lowest BCUT2D eigenvalue weighted by molar-refractivity contribution is 0.0671. The molecule has 3 aromatic rings. The monoisotopic (exact) mass is 421 g/mol. The molecule has 8 heteroatoms. The van der Waals surface area contributed by atoms with Gasteiger partial charge in [0.2, 0.25) is 0 Å². The summed E-state index contributed by atoms with van der Waals surface area (Å²) in [4.78, 5) is 35.4. The molecule has 1 aliphatic rings. The molecule has 8 nitrogen and oxygen atoms in total. The SMILES string of the molecule is CCOC(=O)Nc1cncc(-n2ccc3cc(C(=O)N4CCC[C@H](CC)C4)cnc32)c1. The van der Waals surface area contributed by atoms with Gasteiger partial charge in [-0.3, -0.25) is 19.7 Å². The zero-order valence-electron chi connectivity index (χ0n) is 17.9. The minimum absolute atomic E-state index is 0.0441. The maximum absolute atomic E-state index is 13.0. The molecule has 4 heterocycles. The maximum atomic E-state index is 13.0. The number of likely N-dealkylation sites (tertiary alicyclic amines) is 1. The van der Waals surface area contributed by atoms with E-state index in [1.807, 2.05) is 27.8 Å². The summed E-state index contributed by atoms with van der Waals surface area (Å²) >= 11 is 0. The normalized spacial score (nSPS) is 16.3. The number of hydrogen-bond donors (Lipinski definition) is 1. The minimum atomic E-state index is -0.525. The Labute approximate surface area is 181 Å². The molecule has 1 fully saturated rings. The van der Waals surface area contributed by atoms with Crippen LogP contribution in [0, 0.1) is 5.92 Å². The van der Waals surface area contributed by atoms with Crippen LogP contribution >= 0.6 is 0 Å². The molecular formula is C23H27N5O3. The highest BCUT2D eigenvalue weighted by molar-refractivity contribution is 5.97. The Hall–Kier alpha value is -3.42. The Morgan fingerprint density at radius 2 is 2.10 bits per heavy atom. The van der Waals surface area contributed by atoms with Gasteiger partial charge in [-0.2, -0.15) is 0 Å². The van der Waals surface area contributed by atoms with Gasteiger partial charge in [0.05, 0.1) is 35.9 Å². The highest BCUT2D eigenvalue weighted by Gasteiger charge is 2.24. The highest BCUT2D eigenvalue weighted by Crippen LogP contribution is 2.24. The lowest BCUT2D eigenvalue weighted by Crippen LogP contribution is -2.39. The van der Waals surface area contributed by atoms with Crippen LogP contribution in [0.5, 0.6) is 0 Å². The van der Waals surface area contributed by atoms with Crippen molar-refractivity contribution >= 4 is 28.7 Å².